The molecule has 0 atom stereocenters. The number of amides is 1. The second kappa shape index (κ2) is 7.39. The Morgan fingerprint density at radius 1 is 1.35 bits per heavy atom. The largest absolute Gasteiger partial charge is 0.383 e. The Kier molecular flexibility index (Phi) is 5.29. The average molecular weight is 317 g/mol. The summed E-state index contributed by atoms with van der Waals surface area (Å²) >= 11 is 0. The standard InChI is InChI=1S/C15H19N5O3/c1-10-8-16-4-3-12(10)17-5-6-18-13(21)7-11-9-19-15(23)20(2)14(11)22/h3-4,8-9H,5-7H2,1-2H3,(H,16,17)(H,18,21)(H,19,23). The molecule has 0 aliphatic rings. The van der Waals surface area contributed by atoms with E-state index in [1.165, 1.54) is 13.2 Å². The molecule has 0 unspecified atom stereocenters. The minimum atomic E-state index is -0.504. The monoisotopic (exact) mass is 317 g/mol. The maximum absolute atomic E-state index is 11.9. The molecule has 0 aliphatic heterocycles. The van der Waals surface area contributed by atoms with E-state index in [1.54, 1.807) is 12.4 Å². The number of pyridine rings is 1. The van der Waals surface area contributed by atoms with Gasteiger partial charge in [-0.05, 0) is 18.6 Å². The fraction of sp³-hybridized carbons (Fsp3) is 0.333. The van der Waals surface area contributed by atoms with Crippen LogP contribution in [0, 0.1) is 6.92 Å². The molecule has 2 aromatic heterocycles. The number of rotatable bonds is 6. The summed E-state index contributed by atoms with van der Waals surface area (Å²) in [5.74, 6) is -0.276. The Labute approximate surface area is 132 Å². The van der Waals surface area contributed by atoms with Gasteiger partial charge in [0, 0.05) is 50.0 Å². The van der Waals surface area contributed by atoms with Gasteiger partial charge in [-0.3, -0.25) is 19.1 Å². The SMILES string of the molecule is Cc1cnccc1NCCNC(=O)Cc1c[nH]c(=O)n(C)c1=O. The summed E-state index contributed by atoms with van der Waals surface area (Å²) < 4.78 is 0.941. The molecule has 2 heterocycles. The summed E-state index contributed by atoms with van der Waals surface area (Å²) in [5, 5.41) is 5.92. The number of carbonyl (C=O) groups is 1. The number of H-pyrrole nitrogens is 1. The number of nitrogens with zero attached hydrogens (tertiary/aromatic N) is 2. The first kappa shape index (κ1) is 16.5. The molecule has 122 valence electrons. The summed E-state index contributed by atoms with van der Waals surface area (Å²) in [6.45, 7) is 2.92. The van der Waals surface area contributed by atoms with Crippen LogP contribution < -0.4 is 21.9 Å². The summed E-state index contributed by atoms with van der Waals surface area (Å²) in [5.41, 5.74) is 1.27. The highest BCUT2D eigenvalue weighted by molar-refractivity contribution is 5.78. The summed E-state index contributed by atoms with van der Waals surface area (Å²) in [4.78, 5) is 41.3. The van der Waals surface area contributed by atoms with Gasteiger partial charge >= 0.3 is 5.69 Å². The fourth-order valence-corrected chi connectivity index (χ4v) is 2.05. The molecular formula is C15H19N5O3. The van der Waals surface area contributed by atoms with E-state index >= 15 is 0 Å². The maximum atomic E-state index is 11.9. The van der Waals surface area contributed by atoms with Gasteiger partial charge in [0.15, 0.2) is 0 Å². The zero-order valence-electron chi connectivity index (χ0n) is 13.0. The molecule has 0 fully saturated rings. The Bertz CT molecular complexity index is 809. The third-order valence-corrected chi connectivity index (χ3v) is 3.39. The summed E-state index contributed by atoms with van der Waals surface area (Å²) in [6.07, 6.45) is 4.66. The van der Waals surface area contributed by atoms with Crippen molar-refractivity contribution in [3.8, 4) is 0 Å². The third kappa shape index (κ3) is 4.29. The number of aryl methyl sites for hydroxylation is 1. The van der Waals surface area contributed by atoms with Crippen LogP contribution in [0.1, 0.15) is 11.1 Å². The van der Waals surface area contributed by atoms with Crippen LogP contribution in [0.15, 0.2) is 34.2 Å². The van der Waals surface area contributed by atoms with E-state index in [-0.39, 0.29) is 17.9 Å². The highest BCUT2D eigenvalue weighted by Crippen LogP contribution is 2.10. The predicted molar refractivity (Wildman–Crippen MR) is 86.5 cm³/mol. The van der Waals surface area contributed by atoms with Gasteiger partial charge in [-0.25, -0.2) is 4.79 Å². The van der Waals surface area contributed by atoms with E-state index < -0.39 is 11.2 Å². The minimum Gasteiger partial charge on any atom is -0.383 e. The normalized spacial score (nSPS) is 10.3. The van der Waals surface area contributed by atoms with Crippen molar-refractivity contribution in [3.05, 3.63) is 56.6 Å². The molecule has 2 aromatic rings. The van der Waals surface area contributed by atoms with Crippen molar-refractivity contribution in [2.24, 2.45) is 7.05 Å². The van der Waals surface area contributed by atoms with Crippen molar-refractivity contribution >= 4 is 11.6 Å². The lowest BCUT2D eigenvalue weighted by Gasteiger charge is -2.09. The van der Waals surface area contributed by atoms with Crippen molar-refractivity contribution in [2.45, 2.75) is 13.3 Å². The van der Waals surface area contributed by atoms with Crippen molar-refractivity contribution in [3.63, 3.8) is 0 Å². The van der Waals surface area contributed by atoms with Gasteiger partial charge < -0.3 is 15.6 Å². The van der Waals surface area contributed by atoms with E-state index in [9.17, 15) is 14.4 Å². The van der Waals surface area contributed by atoms with E-state index in [0.29, 0.717) is 13.1 Å². The second-order valence-corrected chi connectivity index (χ2v) is 5.13. The molecule has 0 spiro atoms. The van der Waals surface area contributed by atoms with Crippen molar-refractivity contribution in [1.82, 2.24) is 19.9 Å². The van der Waals surface area contributed by atoms with Gasteiger partial charge in [-0.15, -0.1) is 0 Å². The molecule has 0 aliphatic carbocycles. The van der Waals surface area contributed by atoms with E-state index in [1.807, 2.05) is 13.0 Å². The van der Waals surface area contributed by atoms with Gasteiger partial charge in [-0.1, -0.05) is 0 Å². The Morgan fingerprint density at radius 2 is 2.13 bits per heavy atom. The van der Waals surface area contributed by atoms with Crippen LogP contribution in [-0.2, 0) is 18.3 Å². The molecule has 0 radical (unpaired) electrons. The number of nitrogens with one attached hydrogen (secondary N) is 3. The smallest absolute Gasteiger partial charge is 0.328 e. The average Bonchev–Trinajstić information content (AvgIpc) is 2.54. The van der Waals surface area contributed by atoms with Crippen molar-refractivity contribution in [1.29, 1.82) is 0 Å². The predicted octanol–water partition coefficient (Wildman–Crippen LogP) is -0.452. The number of aromatic nitrogens is 3. The third-order valence-electron chi connectivity index (χ3n) is 3.39. The zero-order valence-corrected chi connectivity index (χ0v) is 13.0. The van der Waals surface area contributed by atoms with Gasteiger partial charge in [0.05, 0.1) is 6.42 Å². The van der Waals surface area contributed by atoms with Crippen LogP contribution in [0.25, 0.3) is 0 Å². The van der Waals surface area contributed by atoms with Crippen LogP contribution in [0.2, 0.25) is 0 Å². The molecule has 1 amide bonds. The number of anilines is 1. The van der Waals surface area contributed by atoms with Gasteiger partial charge in [0.2, 0.25) is 5.91 Å². The van der Waals surface area contributed by atoms with E-state index in [0.717, 1.165) is 15.8 Å². The molecule has 0 saturated heterocycles. The molecule has 0 saturated carbocycles. The first-order chi connectivity index (χ1) is 11.0. The topological polar surface area (TPSA) is 109 Å². The lowest BCUT2D eigenvalue weighted by Crippen LogP contribution is -2.37. The Balaban J connectivity index is 1.82. The molecule has 0 bridgehead atoms. The molecule has 8 heteroatoms. The second-order valence-electron chi connectivity index (χ2n) is 5.13. The molecule has 3 N–H and O–H groups in total. The van der Waals surface area contributed by atoms with Crippen molar-refractivity contribution < 1.29 is 4.79 Å². The fourth-order valence-electron chi connectivity index (χ4n) is 2.05. The number of aromatic amines is 1. The highest BCUT2D eigenvalue weighted by Gasteiger charge is 2.09. The first-order valence-electron chi connectivity index (χ1n) is 7.18. The van der Waals surface area contributed by atoms with Crippen molar-refractivity contribution in [2.75, 3.05) is 18.4 Å². The first-order valence-corrected chi connectivity index (χ1v) is 7.18. The minimum absolute atomic E-state index is 0.0717. The Morgan fingerprint density at radius 3 is 2.87 bits per heavy atom. The van der Waals surface area contributed by atoms with Crippen LogP contribution in [0.4, 0.5) is 5.69 Å². The summed E-state index contributed by atoms with van der Waals surface area (Å²) in [6, 6.07) is 1.86. The lowest BCUT2D eigenvalue weighted by atomic mass is 10.2. The summed E-state index contributed by atoms with van der Waals surface area (Å²) in [7, 11) is 1.36. The highest BCUT2D eigenvalue weighted by atomic mass is 16.2. The molecule has 0 aromatic carbocycles. The Hall–Kier alpha value is -2.90. The number of hydrogen-bond donors (Lipinski definition) is 3. The molecule has 23 heavy (non-hydrogen) atoms. The van der Waals surface area contributed by atoms with Crippen LogP contribution in [0.5, 0.6) is 0 Å². The lowest BCUT2D eigenvalue weighted by molar-refractivity contribution is -0.120. The maximum Gasteiger partial charge on any atom is 0.328 e. The molecular weight excluding hydrogens is 298 g/mol. The number of hydrogen-bond acceptors (Lipinski definition) is 5. The van der Waals surface area contributed by atoms with E-state index in [2.05, 4.69) is 20.6 Å². The molecule has 8 nitrogen and oxygen atoms in total. The quantitative estimate of drug-likeness (QED) is 0.625. The van der Waals surface area contributed by atoms with Crippen LogP contribution in [0.3, 0.4) is 0 Å². The van der Waals surface area contributed by atoms with Crippen LogP contribution >= 0.6 is 0 Å². The van der Waals surface area contributed by atoms with Gasteiger partial charge in [0.1, 0.15) is 0 Å². The van der Waals surface area contributed by atoms with Crippen LogP contribution in [-0.4, -0.2) is 33.5 Å². The number of carbonyl (C=O) groups excluding carboxylic acids is 1. The van der Waals surface area contributed by atoms with E-state index in [4.69, 9.17) is 0 Å². The zero-order chi connectivity index (χ0) is 16.8. The molecule has 2 rings (SSSR count). The van der Waals surface area contributed by atoms with Gasteiger partial charge in [0.25, 0.3) is 5.56 Å². The van der Waals surface area contributed by atoms with Gasteiger partial charge in [-0.2, -0.15) is 0 Å².